The van der Waals surface area contributed by atoms with Crippen molar-refractivity contribution in [3.63, 3.8) is 0 Å². The molecule has 18 heavy (non-hydrogen) atoms. The van der Waals surface area contributed by atoms with E-state index in [1.54, 1.807) is 6.07 Å². The molecule has 0 bridgehead atoms. The average molecular weight is 285 g/mol. The highest BCUT2D eigenvalue weighted by atomic mass is 35.5. The van der Waals surface area contributed by atoms with Gasteiger partial charge in [-0.3, -0.25) is 0 Å². The number of piperidine rings is 1. The Morgan fingerprint density at radius 2 is 2.06 bits per heavy atom. The Balaban J connectivity index is 2.30. The van der Waals surface area contributed by atoms with Gasteiger partial charge in [-0.15, -0.1) is 0 Å². The van der Waals surface area contributed by atoms with Crippen LogP contribution in [0.25, 0.3) is 0 Å². The second-order valence-corrected chi connectivity index (χ2v) is 5.83. The minimum absolute atomic E-state index is 0.313. The third-order valence-corrected chi connectivity index (χ3v) is 3.94. The van der Waals surface area contributed by atoms with Crippen LogP contribution in [0.15, 0.2) is 18.2 Å². The van der Waals surface area contributed by atoms with Gasteiger partial charge >= 0.3 is 0 Å². The van der Waals surface area contributed by atoms with Crippen molar-refractivity contribution in [1.29, 1.82) is 0 Å². The van der Waals surface area contributed by atoms with Crippen molar-refractivity contribution < 1.29 is 5.11 Å². The summed E-state index contributed by atoms with van der Waals surface area (Å²) < 4.78 is 0. The fourth-order valence-corrected chi connectivity index (χ4v) is 2.79. The first-order valence-electron chi connectivity index (χ1n) is 5.96. The molecule has 1 aromatic carbocycles. The van der Waals surface area contributed by atoms with Crippen LogP contribution in [0.2, 0.25) is 5.02 Å². The highest BCUT2D eigenvalue weighted by Crippen LogP contribution is 2.31. The molecule has 3 nitrogen and oxygen atoms in total. The van der Waals surface area contributed by atoms with Gasteiger partial charge in [0.1, 0.15) is 4.99 Å². The number of hydrogen-bond donors (Lipinski definition) is 2. The van der Waals surface area contributed by atoms with Gasteiger partial charge < -0.3 is 15.7 Å². The first-order valence-corrected chi connectivity index (χ1v) is 6.75. The number of nitrogens with zero attached hydrogens (tertiary/aromatic N) is 1. The minimum Gasteiger partial charge on any atom is -0.390 e. The van der Waals surface area contributed by atoms with Crippen LogP contribution >= 0.6 is 23.8 Å². The van der Waals surface area contributed by atoms with Crippen LogP contribution < -0.4 is 10.6 Å². The number of hydrogen-bond acceptors (Lipinski definition) is 3. The van der Waals surface area contributed by atoms with E-state index in [0.717, 1.165) is 37.2 Å². The molecule has 1 aliphatic rings. The Kier molecular flexibility index (Phi) is 3.80. The van der Waals surface area contributed by atoms with E-state index in [9.17, 15) is 5.11 Å². The van der Waals surface area contributed by atoms with Gasteiger partial charge in [0.05, 0.1) is 16.2 Å². The number of anilines is 1. The smallest absolute Gasteiger partial charge is 0.107 e. The lowest BCUT2D eigenvalue weighted by atomic mass is 9.93. The van der Waals surface area contributed by atoms with Crippen LogP contribution in [0, 0.1) is 0 Å². The largest absolute Gasteiger partial charge is 0.390 e. The molecule has 0 amide bonds. The fraction of sp³-hybridized carbons (Fsp3) is 0.462. The molecular formula is C13H17ClN2OS. The predicted octanol–water partition coefficient (Wildman–Crippen LogP) is 2.33. The van der Waals surface area contributed by atoms with E-state index in [-0.39, 0.29) is 0 Å². The molecule has 1 heterocycles. The van der Waals surface area contributed by atoms with Gasteiger partial charge in [-0.25, -0.2) is 0 Å². The predicted molar refractivity (Wildman–Crippen MR) is 79.4 cm³/mol. The standard InChI is InChI=1S/C13H17ClN2OS/c1-13(17)5-7-16(8-6-13)10-4-2-3-9(14)11(10)12(15)18/h2-4,17H,5-8H2,1H3,(H2,15,18). The van der Waals surface area contributed by atoms with Crippen LogP contribution in [0.5, 0.6) is 0 Å². The molecular weight excluding hydrogens is 268 g/mol. The van der Waals surface area contributed by atoms with E-state index in [1.807, 2.05) is 19.1 Å². The molecule has 0 atom stereocenters. The summed E-state index contributed by atoms with van der Waals surface area (Å²) in [7, 11) is 0. The summed E-state index contributed by atoms with van der Waals surface area (Å²) in [5.74, 6) is 0. The highest BCUT2D eigenvalue weighted by Gasteiger charge is 2.28. The van der Waals surface area contributed by atoms with Gasteiger partial charge in [-0.1, -0.05) is 29.9 Å². The van der Waals surface area contributed by atoms with E-state index in [0.29, 0.717) is 10.0 Å². The second-order valence-electron chi connectivity index (χ2n) is 4.98. The topological polar surface area (TPSA) is 49.5 Å². The maximum Gasteiger partial charge on any atom is 0.107 e. The molecule has 0 aliphatic carbocycles. The molecule has 0 radical (unpaired) electrons. The van der Waals surface area contributed by atoms with Crippen molar-refractivity contribution in [3.05, 3.63) is 28.8 Å². The zero-order valence-corrected chi connectivity index (χ0v) is 11.9. The van der Waals surface area contributed by atoms with Gasteiger partial charge in [-0.05, 0) is 31.9 Å². The van der Waals surface area contributed by atoms with Crippen molar-refractivity contribution >= 4 is 34.5 Å². The zero-order valence-electron chi connectivity index (χ0n) is 10.3. The monoisotopic (exact) mass is 284 g/mol. The number of nitrogens with two attached hydrogens (primary N) is 1. The van der Waals surface area contributed by atoms with E-state index in [2.05, 4.69) is 4.90 Å². The number of rotatable bonds is 2. The summed E-state index contributed by atoms with van der Waals surface area (Å²) in [6, 6.07) is 5.66. The highest BCUT2D eigenvalue weighted by molar-refractivity contribution is 7.80. The van der Waals surface area contributed by atoms with Crippen molar-refractivity contribution in [3.8, 4) is 0 Å². The van der Waals surface area contributed by atoms with Crippen LogP contribution in [0.3, 0.4) is 0 Å². The van der Waals surface area contributed by atoms with Crippen LogP contribution in [0.4, 0.5) is 5.69 Å². The molecule has 98 valence electrons. The number of aliphatic hydroxyl groups is 1. The summed E-state index contributed by atoms with van der Waals surface area (Å²) >= 11 is 11.2. The van der Waals surface area contributed by atoms with E-state index in [4.69, 9.17) is 29.6 Å². The van der Waals surface area contributed by atoms with Gasteiger partial charge in [0.15, 0.2) is 0 Å². The summed E-state index contributed by atoms with van der Waals surface area (Å²) in [6.07, 6.45) is 1.46. The van der Waals surface area contributed by atoms with Crippen molar-refractivity contribution in [2.24, 2.45) is 5.73 Å². The molecule has 0 unspecified atom stereocenters. The Morgan fingerprint density at radius 1 is 1.44 bits per heavy atom. The molecule has 0 spiro atoms. The van der Waals surface area contributed by atoms with Crippen LogP contribution in [-0.2, 0) is 0 Å². The second kappa shape index (κ2) is 5.03. The fourth-order valence-electron chi connectivity index (χ4n) is 2.25. The SMILES string of the molecule is CC1(O)CCN(c2cccc(Cl)c2C(N)=S)CC1. The summed E-state index contributed by atoms with van der Waals surface area (Å²) in [4.78, 5) is 2.49. The van der Waals surface area contributed by atoms with Gasteiger partial charge in [0, 0.05) is 18.8 Å². The summed E-state index contributed by atoms with van der Waals surface area (Å²) in [5, 5.41) is 10.5. The summed E-state index contributed by atoms with van der Waals surface area (Å²) in [5.41, 5.74) is 6.87. The number of benzene rings is 1. The Labute approximate surface area is 118 Å². The van der Waals surface area contributed by atoms with E-state index < -0.39 is 5.60 Å². The maximum atomic E-state index is 9.97. The number of thiocarbonyl (C=S) groups is 1. The van der Waals surface area contributed by atoms with Crippen LogP contribution in [-0.4, -0.2) is 28.8 Å². The lowest BCUT2D eigenvalue weighted by Crippen LogP contribution is -2.43. The van der Waals surface area contributed by atoms with Gasteiger partial charge in [0.25, 0.3) is 0 Å². The Morgan fingerprint density at radius 3 is 2.61 bits per heavy atom. The van der Waals surface area contributed by atoms with E-state index in [1.165, 1.54) is 0 Å². The molecule has 1 fully saturated rings. The molecule has 5 heteroatoms. The third-order valence-electron chi connectivity index (χ3n) is 3.42. The number of halogens is 1. The summed E-state index contributed by atoms with van der Waals surface area (Å²) in [6.45, 7) is 3.43. The molecule has 3 N–H and O–H groups in total. The van der Waals surface area contributed by atoms with Gasteiger partial charge in [0.2, 0.25) is 0 Å². The molecule has 1 aromatic rings. The van der Waals surface area contributed by atoms with E-state index >= 15 is 0 Å². The van der Waals surface area contributed by atoms with Crippen molar-refractivity contribution in [2.75, 3.05) is 18.0 Å². The molecule has 0 aromatic heterocycles. The third kappa shape index (κ3) is 2.76. The first-order chi connectivity index (χ1) is 8.41. The molecule has 2 rings (SSSR count). The minimum atomic E-state index is -0.571. The molecule has 1 aliphatic heterocycles. The van der Waals surface area contributed by atoms with Crippen molar-refractivity contribution in [1.82, 2.24) is 0 Å². The van der Waals surface area contributed by atoms with Crippen molar-refractivity contribution in [2.45, 2.75) is 25.4 Å². The average Bonchev–Trinajstić information content (AvgIpc) is 2.28. The lowest BCUT2D eigenvalue weighted by Gasteiger charge is -2.38. The Hall–Kier alpha value is -0.840. The molecule has 0 saturated carbocycles. The Bertz CT molecular complexity index is 466. The first kappa shape index (κ1) is 13.6. The maximum absolute atomic E-state index is 9.97. The molecule has 1 saturated heterocycles. The quantitative estimate of drug-likeness (QED) is 0.819. The normalized spacial score (nSPS) is 18.7. The van der Waals surface area contributed by atoms with Gasteiger partial charge in [-0.2, -0.15) is 0 Å². The zero-order chi connectivity index (χ0) is 13.3. The van der Waals surface area contributed by atoms with Crippen LogP contribution in [0.1, 0.15) is 25.3 Å². The lowest BCUT2D eigenvalue weighted by molar-refractivity contribution is 0.0351.